The van der Waals surface area contributed by atoms with Crippen LogP contribution < -0.4 is 26.4 Å². The predicted octanol–water partition coefficient (Wildman–Crippen LogP) is 14.2. The average molecular weight is 1170 g/mol. The van der Waals surface area contributed by atoms with Crippen molar-refractivity contribution in [1.82, 2.24) is 4.98 Å². The molecule has 0 N–H and O–H groups in total. The van der Waals surface area contributed by atoms with Crippen molar-refractivity contribution in [3.05, 3.63) is 213 Å². The zero-order chi connectivity index (χ0) is 60.0. The number of aromatic nitrogens is 2. The molecule has 7 rings (SSSR count). The molecule has 7 aromatic rings. The van der Waals surface area contributed by atoms with Crippen LogP contribution in [-0.2, 0) is 62.4 Å². The van der Waals surface area contributed by atoms with Crippen molar-refractivity contribution in [3.63, 3.8) is 0 Å². The first-order chi connectivity index (χ1) is 36.5. The number of hydrogen-bond donors (Lipinski definition) is 0. The lowest BCUT2D eigenvalue weighted by atomic mass is 9.12. The number of nitrogens with zero attached hydrogens (tertiary/aromatic N) is 2. The van der Waals surface area contributed by atoms with E-state index in [9.17, 15) is 115 Å². The van der Waals surface area contributed by atoms with Gasteiger partial charge in [-0.1, -0.05) is 97.1 Å². The molecule has 0 radical (unpaired) electrons. The van der Waals surface area contributed by atoms with E-state index in [0.717, 1.165) is 5.69 Å². The first-order valence-corrected chi connectivity index (χ1v) is 22.0. The van der Waals surface area contributed by atoms with E-state index in [1.807, 2.05) is 22.8 Å². The molecule has 0 atom stereocenters. The number of alkyl halides is 24. The summed E-state index contributed by atoms with van der Waals surface area (Å²) in [4.78, 5) is 16.5. The lowest BCUT2D eigenvalue weighted by Gasteiger charge is -2.46. The highest BCUT2D eigenvalue weighted by Gasteiger charge is 2.47. The lowest BCUT2D eigenvalue weighted by Crippen LogP contribution is -2.75. The van der Waals surface area contributed by atoms with E-state index in [1.165, 1.54) is 6.07 Å². The van der Waals surface area contributed by atoms with Crippen LogP contribution in [0.15, 0.2) is 146 Å². The van der Waals surface area contributed by atoms with Gasteiger partial charge in [-0.05, 0) is 35.9 Å². The Hall–Kier alpha value is -7.62. The number of benzene rings is 6. The third kappa shape index (κ3) is 14.2. The second-order valence-electron chi connectivity index (χ2n) is 17.5. The molecule has 0 fully saturated rings. The molecule has 0 saturated carbocycles. The molecule has 0 bridgehead atoms. The Morgan fingerprint density at radius 2 is 0.688 bits per heavy atom. The summed E-state index contributed by atoms with van der Waals surface area (Å²) in [5.74, 6) is -0.242. The van der Waals surface area contributed by atoms with Crippen molar-refractivity contribution in [2.45, 2.75) is 62.4 Å². The number of ketones is 1. The lowest BCUT2D eigenvalue weighted by molar-refractivity contribution is -0.690. The number of rotatable bonds is 9. The predicted molar refractivity (Wildman–Crippen MR) is 234 cm³/mol. The summed E-state index contributed by atoms with van der Waals surface area (Å²) in [6.07, 6.45) is -49.4. The molecule has 426 valence electrons. The monoisotopic (exact) mass is 1170 g/mol. The minimum absolute atomic E-state index is 0.0107. The molecule has 3 nitrogen and oxygen atoms in total. The molecule has 0 spiro atoms. The second-order valence-corrected chi connectivity index (χ2v) is 17.5. The van der Waals surface area contributed by atoms with E-state index < -0.39 is 195 Å². The molecule has 1 heterocycles. The van der Waals surface area contributed by atoms with E-state index in [1.54, 1.807) is 48.9 Å². The minimum atomic E-state index is -6.13. The molecule has 0 aliphatic rings. The molecule has 0 unspecified atom stereocenters. The molecule has 0 aliphatic heterocycles. The van der Waals surface area contributed by atoms with Crippen LogP contribution in [0.5, 0.6) is 0 Å². The third-order valence-electron chi connectivity index (χ3n) is 12.1. The van der Waals surface area contributed by atoms with Crippen molar-refractivity contribution in [3.8, 4) is 0 Å². The molecular formula is C51H28BF25N2O. The molecule has 0 amide bonds. The Kier molecular flexibility index (Phi) is 16.8. The van der Waals surface area contributed by atoms with Crippen LogP contribution in [0.2, 0.25) is 0 Å². The molecule has 29 heteroatoms. The summed E-state index contributed by atoms with van der Waals surface area (Å²) in [7, 11) is 0. The number of halogens is 25. The maximum atomic E-state index is 14.2. The maximum absolute atomic E-state index is 14.2. The molecular weight excluding hydrogens is 1140 g/mol. The summed E-state index contributed by atoms with van der Waals surface area (Å²) in [6.45, 7) is 0.205. The van der Waals surface area contributed by atoms with Crippen LogP contribution in [0.25, 0.3) is 0 Å². The van der Waals surface area contributed by atoms with Crippen LogP contribution in [-0.4, -0.2) is 16.9 Å². The summed E-state index contributed by atoms with van der Waals surface area (Å²) >= 11 is 0. The largest absolute Gasteiger partial charge is 0.416 e. The van der Waals surface area contributed by atoms with Crippen molar-refractivity contribution >= 4 is 33.8 Å². The Morgan fingerprint density at radius 1 is 0.400 bits per heavy atom. The summed E-state index contributed by atoms with van der Waals surface area (Å²) < 4.78 is 356. The van der Waals surface area contributed by atoms with Crippen LogP contribution in [0.1, 0.15) is 66.1 Å². The maximum Gasteiger partial charge on any atom is 0.416 e. The Morgan fingerprint density at radius 3 is 0.975 bits per heavy atom. The third-order valence-corrected chi connectivity index (χ3v) is 12.1. The van der Waals surface area contributed by atoms with Crippen molar-refractivity contribution in [1.29, 1.82) is 0 Å². The highest BCUT2D eigenvalue weighted by molar-refractivity contribution is 7.20. The van der Waals surface area contributed by atoms with Gasteiger partial charge in [-0.25, -0.2) is 4.39 Å². The first-order valence-electron chi connectivity index (χ1n) is 22.0. The van der Waals surface area contributed by atoms with E-state index in [-0.39, 0.29) is 18.1 Å². The van der Waals surface area contributed by atoms with Crippen molar-refractivity contribution in [2.24, 2.45) is 0 Å². The van der Waals surface area contributed by atoms with E-state index in [0.29, 0.717) is 17.5 Å². The zero-order valence-corrected chi connectivity index (χ0v) is 39.1. The summed E-state index contributed by atoms with van der Waals surface area (Å²) in [5, 5.41) is 0. The van der Waals surface area contributed by atoms with Crippen molar-refractivity contribution < 1.29 is 119 Å². The van der Waals surface area contributed by atoms with E-state index in [4.69, 9.17) is 0 Å². The standard InChI is InChI=1S/C32H12BF24.C19H16FN2O/c34-25(35,36)13-1-14(26(37,38)39)6-21(5-13)33(22-7-15(27(40,41)42)2-16(8-22)28(43,44)45,23-9-17(29(46,47)48)3-18(10-23)30(49,50)51)24-11-19(31(52,53)54)4-20(12-24)32(55,56)57;20-18-9-5-4-8-16(18)12-17-13-21-10-11-22(17)14-19(23)15-6-2-1-3-7-15/h1-12H;1-11,13H,12,14H2/q-1;+1. The summed E-state index contributed by atoms with van der Waals surface area (Å²) in [6, 6.07) is 6.96. The fourth-order valence-electron chi connectivity index (χ4n) is 8.50. The van der Waals surface area contributed by atoms with Gasteiger partial charge in [0.05, 0.1) is 63.3 Å². The zero-order valence-electron chi connectivity index (χ0n) is 39.1. The van der Waals surface area contributed by atoms with Gasteiger partial charge in [0.25, 0.3) is 0 Å². The van der Waals surface area contributed by atoms with Crippen molar-refractivity contribution in [2.75, 3.05) is 0 Å². The molecule has 6 aromatic carbocycles. The van der Waals surface area contributed by atoms with Gasteiger partial charge in [-0.3, -0.25) is 9.78 Å². The molecule has 0 saturated heterocycles. The van der Waals surface area contributed by atoms with E-state index >= 15 is 0 Å². The molecule has 80 heavy (non-hydrogen) atoms. The van der Waals surface area contributed by atoms with Gasteiger partial charge < -0.3 is 0 Å². The van der Waals surface area contributed by atoms with Gasteiger partial charge in [0.15, 0.2) is 6.20 Å². The Labute approximate surface area is 432 Å². The normalized spacial score (nSPS) is 13.2. The van der Waals surface area contributed by atoms with Gasteiger partial charge >= 0.3 is 49.4 Å². The van der Waals surface area contributed by atoms with Gasteiger partial charge in [0, 0.05) is 5.56 Å². The number of carbonyl (C=O) groups is 1. The summed E-state index contributed by atoms with van der Waals surface area (Å²) in [5.41, 5.74) is -28.2. The highest BCUT2D eigenvalue weighted by atomic mass is 19.4. The topological polar surface area (TPSA) is 33.8 Å². The SMILES string of the molecule is FC(F)(F)c1cc([B-](c2cc(C(F)(F)F)cc(C(F)(F)F)c2)(c2cc(C(F)(F)F)cc(C(F)(F)F)c2)c2cc(C(F)(F)F)cc(C(F)(F)F)c2)cc(C(F)(F)F)c1.O=C(C[n+]1ccncc1Cc1ccccc1F)c1ccccc1. The van der Waals surface area contributed by atoms with Gasteiger partial charge in [-0.15, -0.1) is 0 Å². The van der Waals surface area contributed by atoms with E-state index in [2.05, 4.69) is 4.98 Å². The number of carbonyl (C=O) groups excluding carboxylic acids is 1. The number of hydrogen-bond acceptors (Lipinski definition) is 2. The van der Waals surface area contributed by atoms with Gasteiger partial charge in [0.1, 0.15) is 12.0 Å². The Bertz CT molecular complexity index is 2930. The highest BCUT2D eigenvalue weighted by Crippen LogP contribution is 2.41. The quantitative estimate of drug-likeness (QED) is 0.0625. The first kappa shape index (κ1) is 61.6. The van der Waals surface area contributed by atoms with Crippen LogP contribution in [0.3, 0.4) is 0 Å². The van der Waals surface area contributed by atoms with Crippen LogP contribution >= 0.6 is 0 Å². The fourth-order valence-corrected chi connectivity index (χ4v) is 8.50. The molecule has 1 aromatic heterocycles. The average Bonchev–Trinajstić information content (AvgIpc) is 3.47. The minimum Gasteiger partial charge on any atom is -0.287 e. The Balaban J connectivity index is 0.000000370. The van der Waals surface area contributed by atoms with Gasteiger partial charge in [0.2, 0.25) is 18.0 Å². The smallest absolute Gasteiger partial charge is 0.287 e. The van der Waals surface area contributed by atoms with Crippen LogP contribution in [0.4, 0.5) is 110 Å². The number of Topliss-reactive ketones (excluding diaryl/α,β-unsaturated/α-hetero) is 1. The second kappa shape index (κ2) is 21.8. The molecule has 0 aliphatic carbocycles. The van der Waals surface area contributed by atoms with Gasteiger partial charge in [-0.2, -0.15) is 132 Å². The van der Waals surface area contributed by atoms with Crippen LogP contribution in [0, 0.1) is 5.82 Å². The fraction of sp³-hybridized carbons (Fsp3) is 0.196.